The van der Waals surface area contributed by atoms with E-state index >= 15 is 0 Å². The highest BCUT2D eigenvalue weighted by atomic mass is 31.2. The van der Waals surface area contributed by atoms with Crippen LogP contribution in [-0.2, 0) is 18.4 Å². The molecular weight excluding hydrogens is 419 g/mol. The fourth-order valence-corrected chi connectivity index (χ4v) is 11.0. The fraction of sp³-hybridized carbons (Fsp3) is 0.963. The summed E-state index contributed by atoms with van der Waals surface area (Å²) in [5.41, 5.74) is 0.805. The Morgan fingerprint density at radius 1 is 0.969 bits per heavy atom. The molecule has 0 aliphatic heterocycles. The van der Waals surface area contributed by atoms with Crippen LogP contribution in [0.4, 0.5) is 0 Å². The Kier molecular flexibility index (Phi) is 7.37. The number of hydrogen-bond acceptors (Lipinski definition) is 4. The van der Waals surface area contributed by atoms with Gasteiger partial charge in [0.15, 0.2) is 0 Å². The zero-order valence-electron chi connectivity index (χ0n) is 21.2. The summed E-state index contributed by atoms with van der Waals surface area (Å²) in [6, 6.07) is 0. The van der Waals surface area contributed by atoms with E-state index in [9.17, 15) is 9.36 Å². The SMILES string of the molecule is CCOP(=O)(CC[C@@H](C)[C@H]1CCC2C3CC[C@H]4CC(=O)CC[C@]4(C)C3CC[C@@]21C)OCC. The lowest BCUT2D eigenvalue weighted by Gasteiger charge is -2.60. The fourth-order valence-electron chi connectivity index (χ4n) is 9.14. The van der Waals surface area contributed by atoms with Crippen LogP contribution in [0.25, 0.3) is 0 Å². The molecule has 0 aromatic rings. The molecule has 4 rings (SSSR count). The molecule has 0 bridgehead atoms. The van der Waals surface area contributed by atoms with Crippen LogP contribution in [-0.4, -0.2) is 25.2 Å². The van der Waals surface area contributed by atoms with E-state index in [1.54, 1.807) is 0 Å². The molecule has 0 aromatic carbocycles. The zero-order chi connectivity index (χ0) is 23.1. The highest BCUT2D eigenvalue weighted by Gasteiger charge is 2.60. The van der Waals surface area contributed by atoms with Gasteiger partial charge in [-0.15, -0.1) is 0 Å². The minimum Gasteiger partial charge on any atom is -0.309 e. The Morgan fingerprint density at radius 3 is 2.34 bits per heavy atom. The first-order valence-corrected chi connectivity index (χ1v) is 15.3. The Bertz CT molecular complexity index is 727. The molecule has 0 N–H and O–H groups in total. The van der Waals surface area contributed by atoms with Gasteiger partial charge in [0.25, 0.3) is 0 Å². The Morgan fingerprint density at radius 2 is 1.66 bits per heavy atom. The van der Waals surface area contributed by atoms with Gasteiger partial charge in [-0.05, 0) is 112 Å². The molecular formula is C27H47O4P. The summed E-state index contributed by atoms with van der Waals surface area (Å²) in [5.74, 6) is 4.90. The van der Waals surface area contributed by atoms with Gasteiger partial charge in [-0.25, -0.2) is 0 Å². The van der Waals surface area contributed by atoms with Crippen LogP contribution >= 0.6 is 7.60 Å². The summed E-state index contributed by atoms with van der Waals surface area (Å²) in [4.78, 5) is 12.1. The van der Waals surface area contributed by atoms with Crippen LogP contribution < -0.4 is 0 Å². The molecule has 8 atom stereocenters. The number of fused-ring (bicyclic) bond motifs is 5. The summed E-state index contributed by atoms with van der Waals surface area (Å²) in [5, 5.41) is 0. The predicted octanol–water partition coefficient (Wildman–Crippen LogP) is 7.51. The van der Waals surface area contributed by atoms with E-state index < -0.39 is 7.60 Å². The molecule has 5 heteroatoms. The number of ketones is 1. The molecule has 184 valence electrons. The van der Waals surface area contributed by atoms with Crippen LogP contribution in [0.15, 0.2) is 0 Å². The molecule has 4 aliphatic carbocycles. The van der Waals surface area contributed by atoms with Crippen LogP contribution in [0, 0.1) is 46.3 Å². The van der Waals surface area contributed by atoms with Gasteiger partial charge >= 0.3 is 7.60 Å². The van der Waals surface area contributed by atoms with Gasteiger partial charge in [-0.3, -0.25) is 9.36 Å². The van der Waals surface area contributed by atoms with Crippen LogP contribution in [0.1, 0.15) is 98.8 Å². The summed E-state index contributed by atoms with van der Waals surface area (Å²) < 4.78 is 24.1. The van der Waals surface area contributed by atoms with Gasteiger partial charge in [-0.1, -0.05) is 20.8 Å². The van der Waals surface area contributed by atoms with Gasteiger partial charge < -0.3 is 9.05 Å². The van der Waals surface area contributed by atoms with Crippen LogP contribution in [0.5, 0.6) is 0 Å². The summed E-state index contributed by atoms with van der Waals surface area (Å²) in [6.07, 6.45) is 12.2. The van der Waals surface area contributed by atoms with Crippen LogP contribution in [0.2, 0.25) is 0 Å². The Labute approximate surface area is 196 Å². The maximum atomic E-state index is 13.0. The largest absolute Gasteiger partial charge is 0.330 e. The second-order valence-corrected chi connectivity index (χ2v) is 14.2. The second-order valence-electron chi connectivity index (χ2n) is 12.1. The molecule has 0 saturated heterocycles. The molecule has 4 saturated carbocycles. The van der Waals surface area contributed by atoms with E-state index in [2.05, 4.69) is 20.8 Å². The van der Waals surface area contributed by atoms with E-state index in [4.69, 9.17) is 9.05 Å². The molecule has 0 spiro atoms. The van der Waals surface area contributed by atoms with Gasteiger partial charge in [-0.2, -0.15) is 0 Å². The second kappa shape index (κ2) is 9.46. The Balaban J connectivity index is 1.45. The third kappa shape index (κ3) is 4.31. The number of rotatable bonds is 8. The van der Waals surface area contributed by atoms with Gasteiger partial charge in [0.1, 0.15) is 5.78 Å². The van der Waals surface area contributed by atoms with Gasteiger partial charge in [0.05, 0.1) is 19.4 Å². The smallest absolute Gasteiger partial charge is 0.309 e. The van der Waals surface area contributed by atoms with E-state index in [1.165, 1.54) is 38.5 Å². The molecule has 32 heavy (non-hydrogen) atoms. The van der Waals surface area contributed by atoms with E-state index in [0.717, 1.165) is 43.4 Å². The first kappa shape index (κ1) is 24.9. The third-order valence-electron chi connectivity index (χ3n) is 10.8. The normalized spacial score (nSPS) is 42.8. The maximum Gasteiger partial charge on any atom is 0.330 e. The minimum atomic E-state index is -2.95. The summed E-state index contributed by atoms with van der Waals surface area (Å²) in [7, 11) is -2.95. The van der Waals surface area contributed by atoms with Crippen molar-refractivity contribution in [1.82, 2.24) is 0 Å². The first-order valence-electron chi connectivity index (χ1n) is 13.6. The quantitative estimate of drug-likeness (QED) is 0.347. The number of carbonyl (C=O) groups is 1. The topological polar surface area (TPSA) is 52.6 Å². The van der Waals surface area contributed by atoms with Gasteiger partial charge in [0.2, 0.25) is 0 Å². The molecule has 0 radical (unpaired) electrons. The van der Waals surface area contributed by atoms with Crippen molar-refractivity contribution in [3.05, 3.63) is 0 Å². The van der Waals surface area contributed by atoms with Crippen molar-refractivity contribution in [2.24, 2.45) is 46.3 Å². The van der Waals surface area contributed by atoms with Crippen molar-refractivity contribution < 1.29 is 18.4 Å². The van der Waals surface area contributed by atoms with E-state index in [1.807, 2.05) is 13.8 Å². The number of carbonyl (C=O) groups excluding carboxylic acids is 1. The number of Topliss-reactive ketones (excluding diaryl/α,β-unsaturated/α-hetero) is 1. The minimum absolute atomic E-state index is 0.392. The van der Waals surface area contributed by atoms with Crippen molar-refractivity contribution in [2.45, 2.75) is 98.8 Å². The van der Waals surface area contributed by atoms with Crippen molar-refractivity contribution in [3.63, 3.8) is 0 Å². The predicted molar refractivity (Wildman–Crippen MR) is 130 cm³/mol. The lowest BCUT2D eigenvalue weighted by molar-refractivity contribution is -0.140. The maximum absolute atomic E-state index is 13.0. The number of hydrogen-bond donors (Lipinski definition) is 0. The zero-order valence-corrected chi connectivity index (χ0v) is 22.1. The summed E-state index contributed by atoms with van der Waals surface area (Å²) >= 11 is 0. The molecule has 3 unspecified atom stereocenters. The average Bonchev–Trinajstić information content (AvgIpc) is 3.10. The molecule has 0 aromatic heterocycles. The summed E-state index contributed by atoms with van der Waals surface area (Å²) in [6.45, 7) is 12.2. The van der Waals surface area contributed by atoms with Gasteiger partial charge in [0, 0.05) is 12.8 Å². The Hall–Kier alpha value is -0.180. The van der Waals surface area contributed by atoms with Crippen molar-refractivity contribution in [2.75, 3.05) is 19.4 Å². The lowest BCUT2D eigenvalue weighted by atomic mass is 9.44. The standard InChI is InChI=1S/C27H47O4P/c1-6-30-32(29,31-7-2)17-14-19(3)23-10-11-24-22-9-8-20-18-21(28)12-15-26(20,4)25(22)13-16-27(23,24)5/h19-20,22-25H,6-18H2,1-5H3/t19-,20+,22?,23-,24?,25?,26+,27-/m1/s1. The van der Waals surface area contributed by atoms with Crippen molar-refractivity contribution >= 4 is 13.4 Å². The molecule has 4 nitrogen and oxygen atoms in total. The highest BCUT2D eigenvalue weighted by Crippen LogP contribution is 2.68. The van der Waals surface area contributed by atoms with E-state index in [-0.39, 0.29) is 0 Å². The highest BCUT2D eigenvalue weighted by molar-refractivity contribution is 7.53. The monoisotopic (exact) mass is 466 g/mol. The molecule has 0 amide bonds. The van der Waals surface area contributed by atoms with E-state index in [0.29, 0.717) is 53.7 Å². The molecule has 4 fully saturated rings. The lowest BCUT2D eigenvalue weighted by Crippen LogP contribution is -2.53. The molecule has 4 aliphatic rings. The van der Waals surface area contributed by atoms with Crippen molar-refractivity contribution in [3.8, 4) is 0 Å². The van der Waals surface area contributed by atoms with Crippen molar-refractivity contribution in [1.29, 1.82) is 0 Å². The third-order valence-corrected chi connectivity index (χ3v) is 12.9. The van der Waals surface area contributed by atoms with Crippen LogP contribution in [0.3, 0.4) is 0 Å². The first-order chi connectivity index (χ1) is 15.2. The average molecular weight is 467 g/mol. The molecule has 0 heterocycles.